The van der Waals surface area contributed by atoms with Gasteiger partial charge in [0.1, 0.15) is 0 Å². The van der Waals surface area contributed by atoms with Gasteiger partial charge in [0.05, 0.1) is 11.0 Å². The van der Waals surface area contributed by atoms with E-state index in [0.717, 1.165) is 22.3 Å². The van der Waals surface area contributed by atoms with Gasteiger partial charge in [0, 0.05) is 25.3 Å². The van der Waals surface area contributed by atoms with Crippen LogP contribution in [-0.2, 0) is 14.1 Å². The Hall–Kier alpha value is -2.82. The molecule has 0 atom stereocenters. The van der Waals surface area contributed by atoms with Crippen LogP contribution in [0.15, 0.2) is 47.3 Å². The Morgan fingerprint density at radius 2 is 1.73 bits per heavy atom. The standard InChI is InChI=1S/C17H17N3O2/c1-11-5-4-6-13(9-11)18-16(21)12-7-8-14-15(10-12)20(3)17(22)19(14)2/h4-10H,1-3H3,(H,18,21). The van der Waals surface area contributed by atoms with Gasteiger partial charge in [0.25, 0.3) is 5.91 Å². The van der Waals surface area contributed by atoms with Gasteiger partial charge in [-0.05, 0) is 42.8 Å². The van der Waals surface area contributed by atoms with Crippen LogP contribution in [0.5, 0.6) is 0 Å². The number of hydrogen-bond acceptors (Lipinski definition) is 2. The number of hydrogen-bond donors (Lipinski definition) is 1. The third-order valence-electron chi connectivity index (χ3n) is 3.81. The van der Waals surface area contributed by atoms with E-state index < -0.39 is 0 Å². The maximum Gasteiger partial charge on any atom is 0.328 e. The van der Waals surface area contributed by atoms with Crippen LogP contribution in [-0.4, -0.2) is 15.0 Å². The molecule has 0 aliphatic rings. The molecule has 2 aromatic carbocycles. The van der Waals surface area contributed by atoms with E-state index in [4.69, 9.17) is 0 Å². The molecule has 3 aromatic rings. The normalized spacial score (nSPS) is 10.9. The topological polar surface area (TPSA) is 56.0 Å². The largest absolute Gasteiger partial charge is 0.328 e. The van der Waals surface area contributed by atoms with E-state index in [1.807, 2.05) is 31.2 Å². The number of anilines is 1. The zero-order valence-electron chi connectivity index (χ0n) is 12.8. The van der Waals surface area contributed by atoms with Crippen molar-refractivity contribution < 1.29 is 4.79 Å². The van der Waals surface area contributed by atoms with Gasteiger partial charge in [0.2, 0.25) is 0 Å². The molecule has 22 heavy (non-hydrogen) atoms. The summed E-state index contributed by atoms with van der Waals surface area (Å²) in [5.41, 5.74) is 3.80. The maximum atomic E-state index is 12.4. The molecule has 0 saturated heterocycles. The second-order valence-electron chi connectivity index (χ2n) is 5.43. The Labute approximate surface area is 127 Å². The number of imidazole rings is 1. The van der Waals surface area contributed by atoms with Crippen molar-refractivity contribution in [1.29, 1.82) is 0 Å². The van der Waals surface area contributed by atoms with Gasteiger partial charge in [-0.15, -0.1) is 0 Å². The quantitative estimate of drug-likeness (QED) is 0.789. The minimum atomic E-state index is -0.191. The lowest BCUT2D eigenvalue weighted by Gasteiger charge is -2.06. The third kappa shape index (κ3) is 2.30. The summed E-state index contributed by atoms with van der Waals surface area (Å²) in [7, 11) is 3.42. The molecule has 0 bridgehead atoms. The van der Waals surface area contributed by atoms with Crippen LogP contribution in [0.4, 0.5) is 5.69 Å². The Kier molecular flexibility index (Phi) is 3.33. The molecule has 5 nitrogen and oxygen atoms in total. The molecular formula is C17H17N3O2. The second kappa shape index (κ2) is 5.18. The van der Waals surface area contributed by atoms with Crippen LogP contribution in [0.3, 0.4) is 0 Å². The maximum absolute atomic E-state index is 12.4. The van der Waals surface area contributed by atoms with E-state index >= 15 is 0 Å². The van der Waals surface area contributed by atoms with Gasteiger partial charge in [-0.25, -0.2) is 4.79 Å². The molecule has 0 aliphatic heterocycles. The van der Waals surface area contributed by atoms with E-state index in [9.17, 15) is 9.59 Å². The predicted octanol–water partition coefficient (Wildman–Crippen LogP) is 2.44. The fourth-order valence-electron chi connectivity index (χ4n) is 2.57. The van der Waals surface area contributed by atoms with E-state index in [1.165, 1.54) is 0 Å². The number of rotatable bonds is 2. The van der Waals surface area contributed by atoms with Crippen molar-refractivity contribution in [1.82, 2.24) is 9.13 Å². The third-order valence-corrected chi connectivity index (χ3v) is 3.81. The minimum Gasteiger partial charge on any atom is -0.322 e. The summed E-state index contributed by atoms with van der Waals surface area (Å²) in [6.07, 6.45) is 0. The Balaban J connectivity index is 1.98. The fourth-order valence-corrected chi connectivity index (χ4v) is 2.57. The van der Waals surface area contributed by atoms with Gasteiger partial charge < -0.3 is 5.32 Å². The molecule has 0 aliphatic carbocycles. The smallest absolute Gasteiger partial charge is 0.322 e. The number of carbonyl (C=O) groups is 1. The summed E-state index contributed by atoms with van der Waals surface area (Å²) in [4.78, 5) is 24.3. The summed E-state index contributed by atoms with van der Waals surface area (Å²) in [6.45, 7) is 1.97. The molecule has 5 heteroatoms. The summed E-state index contributed by atoms with van der Waals surface area (Å²) in [6, 6.07) is 12.9. The molecular weight excluding hydrogens is 278 g/mol. The first kappa shape index (κ1) is 14.1. The lowest BCUT2D eigenvalue weighted by Crippen LogP contribution is -2.19. The van der Waals surface area contributed by atoms with Crippen LogP contribution in [0.2, 0.25) is 0 Å². The molecule has 3 rings (SSSR count). The van der Waals surface area contributed by atoms with Crippen molar-refractivity contribution >= 4 is 22.6 Å². The highest BCUT2D eigenvalue weighted by molar-refractivity contribution is 6.06. The number of aromatic nitrogens is 2. The highest BCUT2D eigenvalue weighted by Crippen LogP contribution is 2.16. The van der Waals surface area contributed by atoms with Crippen LogP contribution in [0.25, 0.3) is 11.0 Å². The zero-order valence-corrected chi connectivity index (χ0v) is 12.8. The first-order chi connectivity index (χ1) is 10.5. The number of carbonyl (C=O) groups excluding carboxylic acids is 1. The molecule has 112 valence electrons. The molecule has 1 heterocycles. The first-order valence-corrected chi connectivity index (χ1v) is 7.01. The SMILES string of the molecule is Cc1cccc(NC(=O)c2ccc3c(c2)n(C)c(=O)n3C)c1. The number of amides is 1. The number of fused-ring (bicyclic) bond motifs is 1. The van der Waals surface area contributed by atoms with E-state index in [0.29, 0.717) is 5.56 Å². The van der Waals surface area contributed by atoms with Crippen LogP contribution < -0.4 is 11.0 Å². The summed E-state index contributed by atoms with van der Waals surface area (Å²) >= 11 is 0. The second-order valence-corrected chi connectivity index (χ2v) is 5.43. The molecule has 1 N–H and O–H groups in total. The van der Waals surface area contributed by atoms with Crippen molar-refractivity contribution in [3.8, 4) is 0 Å². The minimum absolute atomic E-state index is 0.105. The Morgan fingerprint density at radius 3 is 2.45 bits per heavy atom. The number of aryl methyl sites for hydroxylation is 3. The first-order valence-electron chi connectivity index (χ1n) is 7.01. The van der Waals surface area contributed by atoms with Gasteiger partial charge in [-0.2, -0.15) is 0 Å². The van der Waals surface area contributed by atoms with Crippen molar-refractivity contribution in [2.75, 3.05) is 5.32 Å². The van der Waals surface area contributed by atoms with Crippen LogP contribution in [0, 0.1) is 6.92 Å². The number of nitrogens with one attached hydrogen (secondary N) is 1. The summed E-state index contributed by atoms with van der Waals surface area (Å²) < 4.78 is 3.11. The highest BCUT2D eigenvalue weighted by Gasteiger charge is 2.12. The summed E-state index contributed by atoms with van der Waals surface area (Å²) in [5.74, 6) is -0.191. The van der Waals surface area contributed by atoms with Crippen LogP contribution in [0.1, 0.15) is 15.9 Å². The lowest BCUT2D eigenvalue weighted by atomic mass is 10.1. The van der Waals surface area contributed by atoms with Crippen molar-refractivity contribution in [2.24, 2.45) is 14.1 Å². The van der Waals surface area contributed by atoms with E-state index in [1.54, 1.807) is 41.4 Å². The lowest BCUT2D eigenvalue weighted by molar-refractivity contribution is 0.102. The van der Waals surface area contributed by atoms with Gasteiger partial charge in [-0.1, -0.05) is 12.1 Å². The van der Waals surface area contributed by atoms with Crippen molar-refractivity contribution in [3.63, 3.8) is 0 Å². The molecule has 1 aromatic heterocycles. The number of benzene rings is 2. The van der Waals surface area contributed by atoms with Gasteiger partial charge >= 0.3 is 5.69 Å². The highest BCUT2D eigenvalue weighted by atomic mass is 16.2. The van der Waals surface area contributed by atoms with Crippen molar-refractivity contribution in [3.05, 3.63) is 64.1 Å². The molecule has 0 radical (unpaired) electrons. The monoisotopic (exact) mass is 295 g/mol. The number of nitrogens with zero attached hydrogens (tertiary/aromatic N) is 2. The molecule has 0 unspecified atom stereocenters. The molecule has 1 amide bonds. The van der Waals surface area contributed by atoms with Gasteiger partial charge in [-0.3, -0.25) is 13.9 Å². The zero-order chi connectivity index (χ0) is 15.9. The predicted molar refractivity (Wildman–Crippen MR) is 87.3 cm³/mol. The fraction of sp³-hybridized carbons (Fsp3) is 0.176. The molecule has 0 fully saturated rings. The molecule has 0 saturated carbocycles. The summed E-state index contributed by atoms with van der Waals surface area (Å²) in [5, 5.41) is 2.87. The Morgan fingerprint density at radius 1 is 1.00 bits per heavy atom. The van der Waals surface area contributed by atoms with E-state index in [2.05, 4.69) is 5.32 Å². The molecule has 0 spiro atoms. The van der Waals surface area contributed by atoms with Gasteiger partial charge in [0.15, 0.2) is 0 Å². The average molecular weight is 295 g/mol. The van der Waals surface area contributed by atoms with Crippen LogP contribution >= 0.6 is 0 Å². The average Bonchev–Trinajstić information content (AvgIpc) is 2.72. The van der Waals surface area contributed by atoms with E-state index in [-0.39, 0.29) is 11.6 Å². The Bertz CT molecular complexity index is 935. The van der Waals surface area contributed by atoms with Crippen molar-refractivity contribution in [2.45, 2.75) is 6.92 Å².